The van der Waals surface area contributed by atoms with Gasteiger partial charge in [0.25, 0.3) is 11.6 Å². The Hall–Kier alpha value is -3.72. The second-order valence-corrected chi connectivity index (χ2v) is 7.82. The summed E-state index contributed by atoms with van der Waals surface area (Å²) in [5, 5.41) is 15.8. The Balaban J connectivity index is 1.86. The molecule has 0 radical (unpaired) electrons. The topological polar surface area (TPSA) is 108 Å². The number of carbonyl (C=O) groups is 2. The molecule has 3 aromatic rings. The fourth-order valence-electron chi connectivity index (χ4n) is 3.18. The van der Waals surface area contributed by atoms with Gasteiger partial charge in [0.1, 0.15) is 16.3 Å². The Morgan fingerprint density at radius 1 is 1.12 bits per heavy atom. The zero-order valence-electron chi connectivity index (χ0n) is 17.8. The molecule has 0 aliphatic heterocycles. The van der Waals surface area contributed by atoms with Crippen LogP contribution in [0.4, 0.5) is 10.7 Å². The highest BCUT2D eigenvalue weighted by Crippen LogP contribution is 2.37. The Labute approximate surface area is 188 Å². The Bertz CT molecular complexity index is 1150. The molecule has 0 unspecified atom stereocenters. The fraction of sp³-hybridized carbons (Fsp3) is 0.217. The molecule has 0 fully saturated rings. The van der Waals surface area contributed by atoms with Crippen LogP contribution >= 0.6 is 11.3 Å². The SMILES string of the molecule is CCOC(=O)c1c(-c2cccc([N+](=O)[O-])c2)csc1NC(=O)COc1c(C)cccc1C. The summed E-state index contributed by atoms with van der Waals surface area (Å²) < 4.78 is 10.8. The summed E-state index contributed by atoms with van der Waals surface area (Å²) >= 11 is 1.14. The number of para-hydroxylation sites is 1. The van der Waals surface area contributed by atoms with Gasteiger partial charge in [0.2, 0.25) is 0 Å². The first kappa shape index (κ1) is 23.0. The molecular formula is C23H22N2O6S. The van der Waals surface area contributed by atoms with E-state index in [0.29, 0.717) is 21.9 Å². The number of non-ortho nitro benzene ring substituents is 1. The number of nitrogens with zero attached hydrogens (tertiary/aromatic N) is 1. The average Bonchev–Trinajstić information content (AvgIpc) is 3.17. The number of hydrogen-bond acceptors (Lipinski definition) is 7. The number of amides is 1. The minimum absolute atomic E-state index is 0.101. The van der Waals surface area contributed by atoms with Crippen LogP contribution in [-0.2, 0) is 9.53 Å². The number of aryl methyl sites for hydroxylation is 2. The first-order valence-corrected chi connectivity index (χ1v) is 10.7. The van der Waals surface area contributed by atoms with E-state index in [1.54, 1.807) is 18.4 Å². The molecule has 32 heavy (non-hydrogen) atoms. The first-order chi connectivity index (χ1) is 15.3. The van der Waals surface area contributed by atoms with Crippen molar-refractivity contribution in [3.05, 3.63) is 74.6 Å². The van der Waals surface area contributed by atoms with Crippen LogP contribution in [0.3, 0.4) is 0 Å². The van der Waals surface area contributed by atoms with Crippen LogP contribution in [0.25, 0.3) is 11.1 Å². The van der Waals surface area contributed by atoms with E-state index >= 15 is 0 Å². The molecule has 0 spiro atoms. The molecule has 8 nitrogen and oxygen atoms in total. The summed E-state index contributed by atoms with van der Waals surface area (Å²) in [5.74, 6) is -0.427. The van der Waals surface area contributed by atoms with Crippen molar-refractivity contribution in [1.82, 2.24) is 0 Å². The third-order valence-corrected chi connectivity index (χ3v) is 5.54. The highest BCUT2D eigenvalue weighted by Gasteiger charge is 2.24. The molecule has 0 saturated carbocycles. The van der Waals surface area contributed by atoms with Crippen LogP contribution in [0.2, 0.25) is 0 Å². The number of nitro benzene ring substituents is 1. The van der Waals surface area contributed by atoms with Crippen LogP contribution in [0.1, 0.15) is 28.4 Å². The van der Waals surface area contributed by atoms with Gasteiger partial charge in [-0.05, 0) is 37.5 Å². The molecule has 9 heteroatoms. The first-order valence-electron chi connectivity index (χ1n) is 9.84. The summed E-state index contributed by atoms with van der Waals surface area (Å²) in [6.07, 6.45) is 0. The minimum Gasteiger partial charge on any atom is -0.483 e. The molecule has 0 aliphatic rings. The second kappa shape index (κ2) is 10.1. The van der Waals surface area contributed by atoms with E-state index in [2.05, 4.69) is 5.32 Å². The lowest BCUT2D eigenvalue weighted by atomic mass is 10.0. The van der Waals surface area contributed by atoms with Gasteiger partial charge in [-0.15, -0.1) is 11.3 Å². The molecule has 0 aliphatic carbocycles. The molecule has 0 saturated heterocycles. The van der Waals surface area contributed by atoms with E-state index in [4.69, 9.17) is 9.47 Å². The number of rotatable bonds is 8. The lowest BCUT2D eigenvalue weighted by molar-refractivity contribution is -0.384. The maximum atomic E-state index is 12.7. The van der Waals surface area contributed by atoms with Gasteiger partial charge in [0.15, 0.2) is 6.61 Å². The van der Waals surface area contributed by atoms with Gasteiger partial charge in [-0.1, -0.05) is 30.3 Å². The van der Waals surface area contributed by atoms with Crippen molar-refractivity contribution in [2.75, 3.05) is 18.5 Å². The van der Waals surface area contributed by atoms with Crippen LogP contribution in [0.15, 0.2) is 47.8 Å². The zero-order chi connectivity index (χ0) is 23.3. The molecule has 1 N–H and O–H groups in total. The van der Waals surface area contributed by atoms with Crippen molar-refractivity contribution in [1.29, 1.82) is 0 Å². The Morgan fingerprint density at radius 3 is 2.47 bits per heavy atom. The predicted molar refractivity (Wildman–Crippen MR) is 122 cm³/mol. The van der Waals surface area contributed by atoms with Gasteiger partial charge in [0.05, 0.1) is 11.5 Å². The van der Waals surface area contributed by atoms with E-state index in [0.717, 1.165) is 22.5 Å². The molecule has 0 bridgehead atoms. The highest BCUT2D eigenvalue weighted by molar-refractivity contribution is 7.15. The molecule has 1 heterocycles. The maximum absolute atomic E-state index is 12.7. The molecule has 3 rings (SSSR count). The maximum Gasteiger partial charge on any atom is 0.341 e. The van der Waals surface area contributed by atoms with Crippen LogP contribution in [-0.4, -0.2) is 30.0 Å². The standard InChI is InChI=1S/C23H22N2O6S/c1-4-30-23(27)20-18(16-9-6-10-17(11-16)25(28)29)13-32-22(20)24-19(26)12-31-21-14(2)7-5-8-15(21)3/h5-11,13H,4,12H2,1-3H3,(H,24,26). The number of esters is 1. The van der Waals surface area contributed by atoms with Crippen molar-refractivity contribution < 1.29 is 24.0 Å². The van der Waals surface area contributed by atoms with Crippen molar-refractivity contribution in [3.8, 4) is 16.9 Å². The Morgan fingerprint density at radius 2 is 1.81 bits per heavy atom. The van der Waals surface area contributed by atoms with Crippen LogP contribution in [0, 0.1) is 24.0 Å². The summed E-state index contributed by atoms with van der Waals surface area (Å²) in [7, 11) is 0. The summed E-state index contributed by atoms with van der Waals surface area (Å²) in [6, 6.07) is 11.6. The molecule has 166 valence electrons. The number of carbonyl (C=O) groups excluding carboxylic acids is 2. The van der Waals surface area contributed by atoms with Gasteiger partial charge in [-0.25, -0.2) is 4.79 Å². The number of anilines is 1. The molecular weight excluding hydrogens is 432 g/mol. The molecule has 2 aromatic carbocycles. The lowest BCUT2D eigenvalue weighted by Crippen LogP contribution is -2.21. The number of nitro groups is 1. The van der Waals surface area contributed by atoms with Gasteiger partial charge in [-0.2, -0.15) is 0 Å². The van der Waals surface area contributed by atoms with Gasteiger partial charge >= 0.3 is 5.97 Å². The third-order valence-electron chi connectivity index (χ3n) is 4.65. The summed E-state index contributed by atoms with van der Waals surface area (Å²) in [5.41, 5.74) is 2.80. The van der Waals surface area contributed by atoms with E-state index in [1.165, 1.54) is 18.2 Å². The van der Waals surface area contributed by atoms with Gasteiger partial charge < -0.3 is 14.8 Å². The number of hydrogen-bond donors (Lipinski definition) is 1. The zero-order valence-corrected chi connectivity index (χ0v) is 18.7. The minimum atomic E-state index is -0.624. The lowest BCUT2D eigenvalue weighted by Gasteiger charge is -2.12. The van der Waals surface area contributed by atoms with Gasteiger partial charge in [-0.3, -0.25) is 14.9 Å². The fourth-order valence-corrected chi connectivity index (χ4v) is 4.16. The normalized spacial score (nSPS) is 10.5. The second-order valence-electron chi connectivity index (χ2n) is 6.94. The highest BCUT2D eigenvalue weighted by atomic mass is 32.1. The number of nitrogens with one attached hydrogen (secondary N) is 1. The molecule has 0 atom stereocenters. The van der Waals surface area contributed by atoms with Crippen molar-refractivity contribution in [2.24, 2.45) is 0 Å². The number of benzene rings is 2. The number of ether oxygens (including phenoxy) is 2. The summed E-state index contributed by atoms with van der Waals surface area (Å²) in [6.45, 7) is 5.37. The largest absolute Gasteiger partial charge is 0.483 e. The smallest absolute Gasteiger partial charge is 0.341 e. The molecule has 1 aromatic heterocycles. The van der Waals surface area contributed by atoms with Crippen molar-refractivity contribution >= 4 is 33.9 Å². The number of thiophene rings is 1. The Kier molecular flexibility index (Phi) is 7.21. The quantitative estimate of drug-likeness (QED) is 0.287. The average molecular weight is 455 g/mol. The van der Waals surface area contributed by atoms with Crippen LogP contribution < -0.4 is 10.1 Å². The third kappa shape index (κ3) is 5.12. The van der Waals surface area contributed by atoms with E-state index in [1.807, 2.05) is 32.0 Å². The van der Waals surface area contributed by atoms with Crippen molar-refractivity contribution in [2.45, 2.75) is 20.8 Å². The van der Waals surface area contributed by atoms with E-state index in [9.17, 15) is 19.7 Å². The molecule has 1 amide bonds. The van der Waals surface area contributed by atoms with Gasteiger partial charge in [0, 0.05) is 23.1 Å². The van der Waals surface area contributed by atoms with E-state index < -0.39 is 16.8 Å². The van der Waals surface area contributed by atoms with Crippen molar-refractivity contribution in [3.63, 3.8) is 0 Å². The monoisotopic (exact) mass is 454 g/mol. The van der Waals surface area contributed by atoms with E-state index in [-0.39, 0.29) is 24.5 Å². The predicted octanol–water partition coefficient (Wildman–Crippen LogP) is 5.13. The summed E-state index contributed by atoms with van der Waals surface area (Å²) in [4.78, 5) is 35.8. The van der Waals surface area contributed by atoms with Crippen LogP contribution in [0.5, 0.6) is 5.75 Å².